The SMILES string of the molecule is CC(C)C(CC(=O)O)n1nnnc1-c1cccc(Br)c1. The van der Waals surface area contributed by atoms with Crippen molar-refractivity contribution in [3.8, 4) is 11.4 Å². The van der Waals surface area contributed by atoms with Crippen LogP contribution in [0.25, 0.3) is 11.4 Å². The predicted molar refractivity (Wildman–Crippen MR) is 77.1 cm³/mol. The van der Waals surface area contributed by atoms with Crippen LogP contribution in [0.15, 0.2) is 28.7 Å². The van der Waals surface area contributed by atoms with Crippen molar-refractivity contribution in [1.82, 2.24) is 20.2 Å². The summed E-state index contributed by atoms with van der Waals surface area (Å²) in [5.41, 5.74) is 0.848. The van der Waals surface area contributed by atoms with E-state index >= 15 is 0 Å². The third-order valence-corrected chi connectivity index (χ3v) is 3.54. The van der Waals surface area contributed by atoms with Gasteiger partial charge in [0.1, 0.15) is 0 Å². The highest BCUT2D eigenvalue weighted by molar-refractivity contribution is 9.10. The van der Waals surface area contributed by atoms with Crippen molar-refractivity contribution >= 4 is 21.9 Å². The van der Waals surface area contributed by atoms with E-state index in [0.29, 0.717) is 5.82 Å². The van der Waals surface area contributed by atoms with Crippen LogP contribution >= 0.6 is 15.9 Å². The minimum absolute atomic E-state index is 0.0102. The van der Waals surface area contributed by atoms with Gasteiger partial charge in [0.2, 0.25) is 0 Å². The zero-order valence-electron chi connectivity index (χ0n) is 11.2. The Bertz CT molecular complexity index is 612. The highest BCUT2D eigenvalue weighted by Crippen LogP contribution is 2.27. The average Bonchev–Trinajstić information content (AvgIpc) is 2.84. The van der Waals surface area contributed by atoms with Crippen molar-refractivity contribution in [2.75, 3.05) is 0 Å². The molecule has 20 heavy (non-hydrogen) atoms. The number of tetrazole rings is 1. The van der Waals surface area contributed by atoms with Gasteiger partial charge in [0, 0.05) is 10.0 Å². The number of aromatic nitrogens is 4. The van der Waals surface area contributed by atoms with Gasteiger partial charge in [0.25, 0.3) is 0 Å². The van der Waals surface area contributed by atoms with Crippen LogP contribution in [-0.4, -0.2) is 31.3 Å². The molecule has 0 spiro atoms. The lowest BCUT2D eigenvalue weighted by Gasteiger charge is -2.20. The Labute approximate surface area is 124 Å². The van der Waals surface area contributed by atoms with Crippen LogP contribution in [0.1, 0.15) is 26.3 Å². The molecule has 1 aromatic carbocycles. The number of benzene rings is 1. The Morgan fingerprint density at radius 1 is 1.45 bits per heavy atom. The Kier molecular flexibility index (Phi) is 4.49. The molecule has 7 heteroatoms. The molecule has 1 N–H and O–H groups in total. The van der Waals surface area contributed by atoms with Crippen molar-refractivity contribution in [1.29, 1.82) is 0 Å². The summed E-state index contributed by atoms with van der Waals surface area (Å²) < 4.78 is 2.52. The van der Waals surface area contributed by atoms with Crippen molar-refractivity contribution in [2.24, 2.45) is 5.92 Å². The lowest BCUT2D eigenvalue weighted by Crippen LogP contribution is -2.21. The molecule has 1 heterocycles. The molecule has 0 radical (unpaired) electrons. The molecule has 0 aliphatic carbocycles. The van der Waals surface area contributed by atoms with Crippen molar-refractivity contribution < 1.29 is 9.90 Å². The van der Waals surface area contributed by atoms with Crippen LogP contribution < -0.4 is 0 Å². The zero-order valence-corrected chi connectivity index (χ0v) is 12.8. The molecule has 0 amide bonds. The van der Waals surface area contributed by atoms with Crippen molar-refractivity contribution in [2.45, 2.75) is 26.3 Å². The summed E-state index contributed by atoms with van der Waals surface area (Å²) in [4.78, 5) is 11.0. The van der Waals surface area contributed by atoms with E-state index in [1.54, 1.807) is 4.68 Å². The van der Waals surface area contributed by atoms with E-state index in [1.807, 2.05) is 38.1 Å². The molecule has 0 fully saturated rings. The zero-order chi connectivity index (χ0) is 14.7. The van der Waals surface area contributed by atoms with Gasteiger partial charge < -0.3 is 5.11 Å². The van der Waals surface area contributed by atoms with E-state index in [4.69, 9.17) is 5.11 Å². The number of aliphatic carboxylic acids is 1. The van der Waals surface area contributed by atoms with Gasteiger partial charge in [0.15, 0.2) is 5.82 Å². The normalized spacial score (nSPS) is 12.6. The molecule has 6 nitrogen and oxygen atoms in total. The molecule has 1 aromatic heterocycles. The summed E-state index contributed by atoms with van der Waals surface area (Å²) in [6.07, 6.45) is -0.0102. The fourth-order valence-corrected chi connectivity index (χ4v) is 2.42. The van der Waals surface area contributed by atoms with Crippen LogP contribution in [0.4, 0.5) is 0 Å². The molecule has 0 saturated heterocycles. The minimum atomic E-state index is -0.862. The number of rotatable bonds is 5. The molecular weight excluding hydrogens is 324 g/mol. The highest BCUT2D eigenvalue weighted by atomic mass is 79.9. The summed E-state index contributed by atoms with van der Waals surface area (Å²) >= 11 is 3.41. The van der Waals surface area contributed by atoms with E-state index in [2.05, 4.69) is 31.5 Å². The molecule has 1 unspecified atom stereocenters. The summed E-state index contributed by atoms with van der Waals surface area (Å²) in [7, 11) is 0. The number of carboxylic acid groups (broad SMARTS) is 1. The monoisotopic (exact) mass is 338 g/mol. The second kappa shape index (κ2) is 6.13. The van der Waals surface area contributed by atoms with Gasteiger partial charge in [-0.2, -0.15) is 0 Å². The summed E-state index contributed by atoms with van der Waals surface area (Å²) in [5.74, 6) is -0.175. The molecule has 106 valence electrons. The number of halogens is 1. The quantitative estimate of drug-likeness (QED) is 0.906. The van der Waals surface area contributed by atoms with Gasteiger partial charge >= 0.3 is 5.97 Å². The van der Waals surface area contributed by atoms with Crippen LogP contribution in [0, 0.1) is 5.92 Å². The van der Waals surface area contributed by atoms with Crippen LogP contribution in [0.5, 0.6) is 0 Å². The lowest BCUT2D eigenvalue weighted by atomic mass is 10.0. The number of carboxylic acids is 1. The summed E-state index contributed by atoms with van der Waals surface area (Å²) in [6, 6.07) is 7.32. The molecule has 0 saturated carbocycles. The second-order valence-electron chi connectivity index (χ2n) is 4.87. The Morgan fingerprint density at radius 2 is 2.20 bits per heavy atom. The first kappa shape index (κ1) is 14.6. The first-order chi connectivity index (χ1) is 9.49. The average molecular weight is 339 g/mol. The van der Waals surface area contributed by atoms with Gasteiger partial charge in [-0.05, 0) is 28.5 Å². The van der Waals surface area contributed by atoms with Gasteiger partial charge in [-0.3, -0.25) is 4.79 Å². The molecule has 1 atom stereocenters. The maximum absolute atomic E-state index is 11.0. The van der Waals surface area contributed by atoms with Gasteiger partial charge in [-0.1, -0.05) is 41.9 Å². The van der Waals surface area contributed by atoms with E-state index in [9.17, 15) is 4.79 Å². The van der Waals surface area contributed by atoms with Crippen LogP contribution in [0.3, 0.4) is 0 Å². The van der Waals surface area contributed by atoms with E-state index in [0.717, 1.165) is 10.0 Å². The second-order valence-corrected chi connectivity index (χ2v) is 5.78. The summed E-state index contributed by atoms with van der Waals surface area (Å²) in [5, 5.41) is 20.7. The Morgan fingerprint density at radius 3 is 2.80 bits per heavy atom. The molecule has 0 bridgehead atoms. The largest absolute Gasteiger partial charge is 0.481 e. The molecule has 2 aromatic rings. The first-order valence-electron chi connectivity index (χ1n) is 6.24. The molecule has 2 rings (SSSR count). The number of hydrogen-bond donors (Lipinski definition) is 1. The summed E-state index contributed by atoms with van der Waals surface area (Å²) in [6.45, 7) is 3.92. The fraction of sp³-hybridized carbons (Fsp3) is 0.385. The van der Waals surface area contributed by atoms with E-state index < -0.39 is 5.97 Å². The third-order valence-electron chi connectivity index (χ3n) is 3.04. The number of nitrogens with zero attached hydrogens (tertiary/aromatic N) is 4. The number of carbonyl (C=O) groups is 1. The molecule has 0 aliphatic heterocycles. The smallest absolute Gasteiger partial charge is 0.305 e. The topological polar surface area (TPSA) is 80.9 Å². The third kappa shape index (κ3) is 3.22. The predicted octanol–water partition coefficient (Wildman–Crippen LogP) is 2.77. The van der Waals surface area contributed by atoms with E-state index in [1.165, 1.54) is 0 Å². The van der Waals surface area contributed by atoms with Gasteiger partial charge in [-0.15, -0.1) is 5.10 Å². The van der Waals surface area contributed by atoms with Crippen LogP contribution in [0.2, 0.25) is 0 Å². The fourth-order valence-electron chi connectivity index (χ4n) is 2.02. The van der Waals surface area contributed by atoms with E-state index in [-0.39, 0.29) is 18.4 Å². The maximum atomic E-state index is 11.0. The van der Waals surface area contributed by atoms with Gasteiger partial charge in [0.05, 0.1) is 12.5 Å². The first-order valence-corrected chi connectivity index (χ1v) is 7.04. The highest BCUT2D eigenvalue weighted by Gasteiger charge is 2.24. The molecule has 0 aliphatic rings. The van der Waals surface area contributed by atoms with Gasteiger partial charge in [-0.25, -0.2) is 4.68 Å². The van der Waals surface area contributed by atoms with Crippen molar-refractivity contribution in [3.05, 3.63) is 28.7 Å². The minimum Gasteiger partial charge on any atom is -0.481 e. The molecular formula is C13H15BrN4O2. The Hall–Kier alpha value is -1.76. The standard InChI is InChI=1S/C13H15BrN4O2/c1-8(2)11(7-12(19)20)18-13(15-16-17-18)9-4-3-5-10(14)6-9/h3-6,8,11H,7H2,1-2H3,(H,19,20). The maximum Gasteiger partial charge on any atom is 0.305 e. The van der Waals surface area contributed by atoms with Crippen LogP contribution in [-0.2, 0) is 4.79 Å². The lowest BCUT2D eigenvalue weighted by molar-refractivity contribution is -0.138. The van der Waals surface area contributed by atoms with Crippen molar-refractivity contribution in [3.63, 3.8) is 0 Å². The Balaban J connectivity index is 2.43. The number of hydrogen-bond acceptors (Lipinski definition) is 4.